The molecule has 100 valence electrons. The second-order valence-corrected chi connectivity index (χ2v) is 4.37. The van der Waals surface area contributed by atoms with Crippen LogP contribution in [0.4, 0.5) is 10.1 Å². The molecule has 0 aromatic heterocycles. The topological polar surface area (TPSA) is 52.9 Å². The molecule has 2 aromatic carbocycles. The number of rotatable bonds is 4. The summed E-state index contributed by atoms with van der Waals surface area (Å²) in [7, 11) is 0. The van der Waals surface area contributed by atoms with E-state index in [0.717, 1.165) is 5.56 Å². The molecule has 4 heteroatoms. The lowest BCUT2D eigenvalue weighted by Crippen LogP contribution is -2.12. The quantitative estimate of drug-likeness (QED) is 0.925. The third-order valence-corrected chi connectivity index (χ3v) is 2.83. The molecule has 0 aliphatic rings. The van der Waals surface area contributed by atoms with Crippen molar-refractivity contribution in [3.05, 3.63) is 65.5 Å². The highest BCUT2D eigenvalue weighted by Gasteiger charge is 2.04. The highest BCUT2D eigenvalue weighted by molar-refractivity contribution is 5.90. The summed E-state index contributed by atoms with van der Waals surface area (Å²) in [6, 6.07) is 14.9. The van der Waals surface area contributed by atoms with Gasteiger partial charge in [-0.15, -0.1) is 0 Å². The molecule has 0 saturated carbocycles. The van der Waals surface area contributed by atoms with Crippen molar-refractivity contribution >= 4 is 11.6 Å². The molecule has 1 N–H and O–H groups in total. The van der Waals surface area contributed by atoms with E-state index in [9.17, 15) is 9.18 Å². The highest BCUT2D eigenvalue weighted by atomic mass is 19.1. The Kier molecular flexibility index (Phi) is 4.46. The molecule has 0 atom stereocenters. The monoisotopic (exact) mass is 268 g/mol. The first-order chi connectivity index (χ1) is 9.67. The first-order valence-corrected chi connectivity index (χ1v) is 6.22. The van der Waals surface area contributed by atoms with E-state index in [-0.39, 0.29) is 11.7 Å². The maximum atomic E-state index is 12.7. The Labute approximate surface area is 116 Å². The molecular weight excluding hydrogens is 255 g/mol. The molecule has 0 unspecified atom stereocenters. The number of halogens is 1. The van der Waals surface area contributed by atoms with E-state index in [1.54, 1.807) is 36.4 Å². The van der Waals surface area contributed by atoms with E-state index in [1.807, 2.05) is 6.07 Å². The predicted octanol–water partition coefficient (Wildman–Crippen LogP) is 3.27. The Bertz CT molecular complexity index is 644. The van der Waals surface area contributed by atoms with Gasteiger partial charge in [0, 0.05) is 12.1 Å². The molecule has 20 heavy (non-hydrogen) atoms. The fourth-order valence-corrected chi connectivity index (χ4v) is 1.80. The minimum Gasteiger partial charge on any atom is -0.326 e. The van der Waals surface area contributed by atoms with Crippen LogP contribution in [0.15, 0.2) is 48.5 Å². The van der Waals surface area contributed by atoms with E-state index < -0.39 is 0 Å². The summed E-state index contributed by atoms with van der Waals surface area (Å²) < 4.78 is 12.7. The van der Waals surface area contributed by atoms with E-state index in [1.165, 1.54) is 12.1 Å². The van der Waals surface area contributed by atoms with Gasteiger partial charge in [0.2, 0.25) is 5.91 Å². The molecule has 1 amide bonds. The SMILES string of the molecule is N#Cc1cccc(NC(=O)CCc2ccc(F)cc2)c1. The molecule has 0 aliphatic carbocycles. The van der Waals surface area contributed by atoms with Crippen molar-refractivity contribution < 1.29 is 9.18 Å². The first-order valence-electron chi connectivity index (χ1n) is 6.22. The summed E-state index contributed by atoms with van der Waals surface area (Å²) in [5.41, 5.74) is 2.02. The zero-order valence-corrected chi connectivity index (χ0v) is 10.8. The number of carbonyl (C=O) groups is 1. The lowest BCUT2D eigenvalue weighted by molar-refractivity contribution is -0.116. The fraction of sp³-hybridized carbons (Fsp3) is 0.125. The molecule has 3 nitrogen and oxygen atoms in total. The smallest absolute Gasteiger partial charge is 0.224 e. The molecule has 0 aliphatic heterocycles. The Morgan fingerprint density at radius 2 is 1.95 bits per heavy atom. The van der Waals surface area contributed by atoms with Crippen LogP contribution in [0.2, 0.25) is 0 Å². The number of aryl methyl sites for hydroxylation is 1. The van der Waals surface area contributed by atoms with Crippen molar-refractivity contribution in [3.63, 3.8) is 0 Å². The maximum Gasteiger partial charge on any atom is 0.224 e. The normalized spacial score (nSPS) is 9.80. The fourth-order valence-electron chi connectivity index (χ4n) is 1.80. The number of amides is 1. The number of benzene rings is 2. The van der Waals surface area contributed by atoms with Crippen LogP contribution in [0.1, 0.15) is 17.5 Å². The molecule has 0 saturated heterocycles. The summed E-state index contributed by atoms with van der Waals surface area (Å²) in [6.45, 7) is 0. The molecule has 0 radical (unpaired) electrons. The lowest BCUT2D eigenvalue weighted by atomic mass is 10.1. The van der Waals surface area contributed by atoms with Crippen LogP contribution in [-0.4, -0.2) is 5.91 Å². The van der Waals surface area contributed by atoms with Crippen LogP contribution in [0.5, 0.6) is 0 Å². The Balaban J connectivity index is 1.89. The van der Waals surface area contributed by atoms with Crippen LogP contribution in [0.25, 0.3) is 0 Å². The number of hydrogen-bond acceptors (Lipinski definition) is 2. The molecule has 0 fully saturated rings. The van der Waals surface area contributed by atoms with Crippen LogP contribution in [0, 0.1) is 17.1 Å². The van der Waals surface area contributed by atoms with Crippen molar-refractivity contribution in [1.29, 1.82) is 5.26 Å². The number of nitriles is 1. The largest absolute Gasteiger partial charge is 0.326 e. The van der Waals surface area contributed by atoms with Gasteiger partial charge < -0.3 is 5.32 Å². The standard InChI is InChI=1S/C16H13FN2O/c17-14-7-4-12(5-8-14)6-9-16(20)19-15-3-1-2-13(10-15)11-18/h1-5,7-8,10H,6,9H2,(H,19,20). The number of anilines is 1. The number of carbonyl (C=O) groups excluding carboxylic acids is 1. The molecule has 0 spiro atoms. The van der Waals surface area contributed by atoms with Crippen LogP contribution < -0.4 is 5.32 Å². The molecular formula is C16H13FN2O. The van der Waals surface area contributed by atoms with Crippen LogP contribution >= 0.6 is 0 Å². The minimum absolute atomic E-state index is 0.135. The second kappa shape index (κ2) is 6.48. The van der Waals surface area contributed by atoms with E-state index in [2.05, 4.69) is 5.32 Å². The summed E-state index contributed by atoms with van der Waals surface area (Å²) in [5, 5.41) is 11.5. The summed E-state index contributed by atoms with van der Waals surface area (Å²) in [5.74, 6) is -0.420. The summed E-state index contributed by atoms with van der Waals surface area (Å²) >= 11 is 0. The van der Waals surface area contributed by atoms with E-state index >= 15 is 0 Å². The maximum absolute atomic E-state index is 12.7. The Morgan fingerprint density at radius 3 is 2.65 bits per heavy atom. The Hall–Kier alpha value is -2.67. The van der Waals surface area contributed by atoms with Crippen LogP contribution in [-0.2, 0) is 11.2 Å². The zero-order chi connectivity index (χ0) is 14.4. The summed E-state index contributed by atoms with van der Waals surface area (Å²) in [6.07, 6.45) is 0.854. The van der Waals surface area contributed by atoms with Crippen molar-refractivity contribution in [2.75, 3.05) is 5.32 Å². The van der Waals surface area contributed by atoms with Crippen LogP contribution in [0.3, 0.4) is 0 Å². The second-order valence-electron chi connectivity index (χ2n) is 4.37. The number of hydrogen-bond donors (Lipinski definition) is 1. The van der Waals surface area contributed by atoms with Crippen molar-refractivity contribution in [2.24, 2.45) is 0 Å². The highest BCUT2D eigenvalue weighted by Crippen LogP contribution is 2.11. The van der Waals surface area contributed by atoms with Gasteiger partial charge in [-0.2, -0.15) is 5.26 Å². The third-order valence-electron chi connectivity index (χ3n) is 2.83. The lowest BCUT2D eigenvalue weighted by Gasteiger charge is -2.05. The van der Waals surface area contributed by atoms with Gasteiger partial charge in [0.15, 0.2) is 0 Å². The van der Waals surface area contributed by atoms with Gasteiger partial charge in [0.25, 0.3) is 0 Å². The van der Waals surface area contributed by atoms with Gasteiger partial charge in [0.05, 0.1) is 11.6 Å². The number of nitrogens with one attached hydrogen (secondary N) is 1. The predicted molar refractivity (Wildman–Crippen MR) is 74.5 cm³/mol. The minimum atomic E-state index is -0.286. The average molecular weight is 268 g/mol. The molecule has 2 rings (SSSR count). The van der Waals surface area contributed by atoms with Crippen molar-refractivity contribution in [1.82, 2.24) is 0 Å². The van der Waals surface area contributed by atoms with Gasteiger partial charge >= 0.3 is 0 Å². The van der Waals surface area contributed by atoms with Gasteiger partial charge in [0.1, 0.15) is 5.82 Å². The number of nitrogens with zero attached hydrogens (tertiary/aromatic N) is 1. The van der Waals surface area contributed by atoms with Gasteiger partial charge in [-0.25, -0.2) is 4.39 Å². The first kappa shape index (κ1) is 13.8. The molecule has 0 bridgehead atoms. The zero-order valence-electron chi connectivity index (χ0n) is 10.8. The Morgan fingerprint density at radius 1 is 1.20 bits per heavy atom. The molecule has 2 aromatic rings. The summed E-state index contributed by atoms with van der Waals surface area (Å²) in [4.78, 5) is 11.8. The van der Waals surface area contributed by atoms with Gasteiger partial charge in [-0.05, 0) is 42.3 Å². The van der Waals surface area contributed by atoms with Gasteiger partial charge in [-0.3, -0.25) is 4.79 Å². The average Bonchev–Trinajstić information content (AvgIpc) is 2.47. The van der Waals surface area contributed by atoms with Crippen molar-refractivity contribution in [3.8, 4) is 6.07 Å². The van der Waals surface area contributed by atoms with E-state index in [0.29, 0.717) is 24.1 Å². The van der Waals surface area contributed by atoms with E-state index in [4.69, 9.17) is 5.26 Å². The van der Waals surface area contributed by atoms with Gasteiger partial charge in [-0.1, -0.05) is 18.2 Å². The third kappa shape index (κ3) is 3.92. The molecule has 0 heterocycles. The van der Waals surface area contributed by atoms with Crippen molar-refractivity contribution in [2.45, 2.75) is 12.8 Å².